The second-order valence-corrected chi connectivity index (χ2v) is 6.78. The predicted molar refractivity (Wildman–Crippen MR) is 89.1 cm³/mol. The number of rotatable bonds is 3. The molecular weight excluding hydrogens is 430 g/mol. The maximum Gasteiger partial charge on any atom is 0.391 e. The first-order valence-corrected chi connectivity index (χ1v) is 8.42. The molecule has 0 spiro atoms. The van der Waals surface area contributed by atoms with Crippen molar-refractivity contribution in [2.75, 3.05) is 7.11 Å². The van der Waals surface area contributed by atoms with E-state index in [0.717, 1.165) is 5.56 Å². The number of halogens is 5. The summed E-state index contributed by atoms with van der Waals surface area (Å²) in [6, 6.07) is 1.69. The molecule has 22 heavy (non-hydrogen) atoms. The van der Waals surface area contributed by atoms with Gasteiger partial charge in [-0.05, 0) is 60.3 Å². The molecule has 0 atom stereocenters. The smallest absolute Gasteiger partial charge is 0.391 e. The molecule has 0 bridgehead atoms. The first-order valence-electron chi connectivity index (χ1n) is 6.96. The monoisotopic (exact) mass is 445 g/mol. The van der Waals surface area contributed by atoms with Gasteiger partial charge in [0.1, 0.15) is 8.85 Å². The van der Waals surface area contributed by atoms with Gasteiger partial charge in [-0.3, -0.25) is 0 Å². The zero-order valence-corrected chi connectivity index (χ0v) is 14.9. The van der Waals surface area contributed by atoms with Gasteiger partial charge in [-0.15, -0.1) is 0 Å². The van der Waals surface area contributed by atoms with Crippen molar-refractivity contribution in [2.45, 2.75) is 31.9 Å². The zero-order valence-electron chi connectivity index (χ0n) is 12.0. The molecule has 7 heteroatoms. The Kier molecular flexibility index (Phi) is 5.99. The SMILES string of the molecule is COc1c(/C=C/C2CCC(C(F)(F)F)CC2)cc(Cl)nc1I. The second-order valence-electron chi connectivity index (χ2n) is 5.37. The van der Waals surface area contributed by atoms with Crippen molar-refractivity contribution in [2.24, 2.45) is 11.8 Å². The highest BCUT2D eigenvalue weighted by Gasteiger charge is 2.40. The second kappa shape index (κ2) is 7.38. The fourth-order valence-corrected chi connectivity index (χ4v) is 3.83. The summed E-state index contributed by atoms with van der Waals surface area (Å²) >= 11 is 7.98. The van der Waals surface area contributed by atoms with E-state index in [1.165, 1.54) is 0 Å². The molecule has 0 N–H and O–H groups in total. The summed E-state index contributed by atoms with van der Waals surface area (Å²) in [7, 11) is 1.55. The third kappa shape index (κ3) is 4.50. The number of nitrogens with zero attached hydrogens (tertiary/aromatic N) is 1. The van der Waals surface area contributed by atoms with E-state index in [1.54, 1.807) is 13.2 Å². The third-order valence-electron chi connectivity index (χ3n) is 3.92. The van der Waals surface area contributed by atoms with Crippen LogP contribution in [-0.4, -0.2) is 18.3 Å². The minimum Gasteiger partial charge on any atom is -0.493 e. The van der Waals surface area contributed by atoms with Gasteiger partial charge >= 0.3 is 6.18 Å². The lowest BCUT2D eigenvalue weighted by Gasteiger charge is -2.28. The van der Waals surface area contributed by atoms with Crippen LogP contribution < -0.4 is 4.74 Å². The number of ether oxygens (including phenoxy) is 1. The van der Waals surface area contributed by atoms with Gasteiger partial charge in [-0.25, -0.2) is 4.98 Å². The summed E-state index contributed by atoms with van der Waals surface area (Å²) in [4.78, 5) is 4.10. The highest BCUT2D eigenvalue weighted by atomic mass is 127. The Balaban J connectivity index is 2.05. The van der Waals surface area contributed by atoms with Crippen molar-refractivity contribution in [3.63, 3.8) is 0 Å². The summed E-state index contributed by atoms with van der Waals surface area (Å²) in [6.45, 7) is 0. The molecule has 0 saturated heterocycles. The maximum absolute atomic E-state index is 12.6. The number of methoxy groups -OCH3 is 1. The summed E-state index contributed by atoms with van der Waals surface area (Å²) in [5, 5.41) is 0.366. The van der Waals surface area contributed by atoms with E-state index in [-0.39, 0.29) is 18.8 Å². The number of hydrogen-bond acceptors (Lipinski definition) is 2. The third-order valence-corrected chi connectivity index (χ3v) is 4.84. The van der Waals surface area contributed by atoms with Crippen molar-refractivity contribution < 1.29 is 17.9 Å². The normalized spacial score (nSPS) is 23.0. The molecule has 0 aromatic carbocycles. The Morgan fingerprint density at radius 1 is 1.32 bits per heavy atom. The summed E-state index contributed by atoms with van der Waals surface area (Å²) < 4.78 is 43.9. The minimum atomic E-state index is -4.06. The first-order chi connectivity index (χ1) is 10.3. The van der Waals surface area contributed by atoms with Crippen molar-refractivity contribution >= 4 is 40.3 Å². The van der Waals surface area contributed by atoms with Crippen LogP contribution in [0.2, 0.25) is 5.15 Å². The van der Waals surface area contributed by atoms with Crippen LogP contribution in [0.1, 0.15) is 31.2 Å². The summed E-state index contributed by atoms with van der Waals surface area (Å²) in [6.07, 6.45) is 1.27. The van der Waals surface area contributed by atoms with Crippen molar-refractivity contribution in [3.05, 3.63) is 26.6 Å². The molecule has 1 aromatic rings. The lowest BCUT2D eigenvalue weighted by Crippen LogP contribution is -2.27. The van der Waals surface area contributed by atoms with E-state index >= 15 is 0 Å². The topological polar surface area (TPSA) is 22.1 Å². The van der Waals surface area contributed by atoms with E-state index in [4.69, 9.17) is 16.3 Å². The number of aromatic nitrogens is 1. The Hall–Kier alpha value is -0.500. The van der Waals surface area contributed by atoms with E-state index in [9.17, 15) is 13.2 Å². The zero-order chi connectivity index (χ0) is 16.3. The predicted octanol–water partition coefficient (Wildman–Crippen LogP) is 5.73. The largest absolute Gasteiger partial charge is 0.493 e. The quantitative estimate of drug-likeness (QED) is 0.438. The Labute approximate surface area is 146 Å². The minimum absolute atomic E-state index is 0.160. The van der Waals surface area contributed by atoms with Gasteiger partial charge in [0, 0.05) is 5.56 Å². The van der Waals surface area contributed by atoms with Crippen LogP contribution >= 0.6 is 34.2 Å². The van der Waals surface area contributed by atoms with Crippen molar-refractivity contribution in [1.82, 2.24) is 4.98 Å². The Morgan fingerprint density at radius 3 is 2.50 bits per heavy atom. The van der Waals surface area contributed by atoms with Crippen molar-refractivity contribution in [3.8, 4) is 5.75 Å². The number of alkyl halides is 3. The summed E-state index contributed by atoms with van der Waals surface area (Å²) in [5.41, 5.74) is 0.796. The average molecular weight is 446 g/mol. The Morgan fingerprint density at radius 2 is 1.95 bits per heavy atom. The van der Waals surface area contributed by atoms with Crippen LogP contribution in [0.15, 0.2) is 12.1 Å². The molecule has 2 nitrogen and oxygen atoms in total. The molecule has 1 aliphatic carbocycles. The molecular formula is C15H16ClF3INO. The van der Waals surface area contributed by atoms with Gasteiger partial charge in [0.2, 0.25) is 0 Å². The molecule has 1 saturated carbocycles. The molecule has 0 aliphatic heterocycles. The molecule has 0 radical (unpaired) electrons. The van der Waals surface area contributed by atoms with Crippen LogP contribution in [0.5, 0.6) is 5.75 Å². The van der Waals surface area contributed by atoms with Crippen LogP contribution in [0.25, 0.3) is 6.08 Å². The lowest BCUT2D eigenvalue weighted by atomic mass is 9.81. The van der Waals surface area contributed by atoms with Crippen LogP contribution in [0.3, 0.4) is 0 Å². The van der Waals surface area contributed by atoms with Gasteiger partial charge < -0.3 is 4.74 Å². The highest BCUT2D eigenvalue weighted by molar-refractivity contribution is 14.1. The van der Waals surface area contributed by atoms with Crippen LogP contribution in [-0.2, 0) is 0 Å². The van der Waals surface area contributed by atoms with Gasteiger partial charge in [0.25, 0.3) is 0 Å². The summed E-state index contributed by atoms with van der Waals surface area (Å²) in [5.74, 6) is -0.360. The number of hydrogen-bond donors (Lipinski definition) is 0. The molecule has 1 aromatic heterocycles. The van der Waals surface area contributed by atoms with E-state index in [1.807, 2.05) is 34.7 Å². The molecule has 1 aliphatic rings. The van der Waals surface area contributed by atoms with Gasteiger partial charge in [0.05, 0.1) is 13.0 Å². The van der Waals surface area contributed by atoms with Crippen LogP contribution in [0.4, 0.5) is 13.2 Å². The highest BCUT2D eigenvalue weighted by Crippen LogP contribution is 2.40. The van der Waals surface area contributed by atoms with Gasteiger partial charge in [-0.2, -0.15) is 13.2 Å². The van der Waals surface area contributed by atoms with E-state index < -0.39 is 12.1 Å². The fraction of sp³-hybridized carbons (Fsp3) is 0.533. The molecule has 1 heterocycles. The fourth-order valence-electron chi connectivity index (χ4n) is 2.69. The van der Waals surface area contributed by atoms with Crippen LogP contribution in [0, 0.1) is 15.5 Å². The standard InChI is InChI=1S/C15H16ClF3INO/c1-22-13-10(8-12(16)21-14(13)20)5-2-9-3-6-11(7-4-9)15(17,18)19/h2,5,8-9,11H,3-4,6-7H2,1H3/b5-2+. The van der Waals surface area contributed by atoms with Gasteiger partial charge in [0.15, 0.2) is 5.75 Å². The lowest BCUT2D eigenvalue weighted by molar-refractivity contribution is -0.183. The van der Waals surface area contributed by atoms with E-state index in [2.05, 4.69) is 4.98 Å². The molecule has 0 amide bonds. The maximum atomic E-state index is 12.6. The number of allylic oxidation sites excluding steroid dienone is 1. The number of pyridine rings is 1. The Bertz CT molecular complexity index is 554. The average Bonchev–Trinajstić information content (AvgIpc) is 2.44. The first kappa shape index (κ1) is 17.8. The molecule has 1 fully saturated rings. The molecule has 122 valence electrons. The van der Waals surface area contributed by atoms with E-state index in [0.29, 0.717) is 27.4 Å². The van der Waals surface area contributed by atoms with Gasteiger partial charge in [-0.1, -0.05) is 23.8 Å². The molecule has 2 rings (SSSR count). The van der Waals surface area contributed by atoms with Crippen molar-refractivity contribution in [1.29, 1.82) is 0 Å². The molecule has 0 unspecified atom stereocenters.